The highest BCUT2D eigenvalue weighted by Gasteiger charge is 2.11. The predicted molar refractivity (Wildman–Crippen MR) is 90.0 cm³/mol. The summed E-state index contributed by atoms with van der Waals surface area (Å²) in [7, 11) is 0. The molecular formula is C19H17N3. The molecule has 0 aliphatic rings. The first-order chi connectivity index (χ1) is 10.8. The minimum Gasteiger partial charge on any atom is -0.209 e. The molecular weight excluding hydrogens is 270 g/mol. The summed E-state index contributed by atoms with van der Waals surface area (Å²) < 4.78 is 0. The molecule has 0 fully saturated rings. The van der Waals surface area contributed by atoms with Crippen molar-refractivity contribution >= 4 is 5.57 Å². The van der Waals surface area contributed by atoms with E-state index in [1.54, 1.807) is 0 Å². The number of benzene rings is 2. The van der Waals surface area contributed by atoms with Crippen LogP contribution in [0.15, 0.2) is 67.2 Å². The number of aromatic nitrogens is 3. The van der Waals surface area contributed by atoms with Crippen LogP contribution in [-0.2, 0) is 0 Å². The van der Waals surface area contributed by atoms with Gasteiger partial charge < -0.3 is 0 Å². The van der Waals surface area contributed by atoms with Crippen molar-refractivity contribution in [2.45, 2.75) is 13.3 Å². The third-order valence-electron chi connectivity index (χ3n) is 3.44. The zero-order chi connectivity index (χ0) is 15.4. The first-order valence-corrected chi connectivity index (χ1v) is 7.33. The summed E-state index contributed by atoms with van der Waals surface area (Å²) in [5.74, 6) is 2.02. The summed E-state index contributed by atoms with van der Waals surface area (Å²) in [6.45, 7) is 6.11. The van der Waals surface area contributed by atoms with E-state index in [1.165, 1.54) is 0 Å². The molecule has 0 saturated carbocycles. The topological polar surface area (TPSA) is 38.7 Å². The molecule has 3 heteroatoms. The van der Waals surface area contributed by atoms with Crippen LogP contribution >= 0.6 is 0 Å². The second-order valence-corrected chi connectivity index (χ2v) is 5.00. The number of hydrogen-bond acceptors (Lipinski definition) is 3. The minimum absolute atomic E-state index is 0.662. The fourth-order valence-corrected chi connectivity index (χ4v) is 2.12. The zero-order valence-electron chi connectivity index (χ0n) is 12.5. The van der Waals surface area contributed by atoms with Crippen LogP contribution in [0.5, 0.6) is 0 Å². The van der Waals surface area contributed by atoms with Gasteiger partial charge in [-0.05, 0) is 12.0 Å². The number of rotatable bonds is 4. The van der Waals surface area contributed by atoms with Crippen LogP contribution in [0, 0.1) is 0 Å². The quantitative estimate of drug-likeness (QED) is 0.702. The number of hydrogen-bond donors (Lipinski definition) is 0. The third kappa shape index (κ3) is 2.93. The van der Waals surface area contributed by atoms with Crippen molar-refractivity contribution < 1.29 is 0 Å². The second kappa shape index (κ2) is 6.31. The van der Waals surface area contributed by atoms with E-state index in [1.807, 2.05) is 60.7 Å². The highest BCUT2D eigenvalue weighted by atomic mass is 15.0. The van der Waals surface area contributed by atoms with E-state index >= 15 is 0 Å². The molecule has 0 N–H and O–H groups in total. The average Bonchev–Trinajstić information content (AvgIpc) is 2.62. The van der Waals surface area contributed by atoms with Crippen molar-refractivity contribution in [2.75, 3.05) is 0 Å². The van der Waals surface area contributed by atoms with Gasteiger partial charge in [-0.2, -0.15) is 0 Å². The van der Waals surface area contributed by atoms with E-state index in [2.05, 4.69) is 28.5 Å². The molecule has 3 nitrogen and oxygen atoms in total. The van der Waals surface area contributed by atoms with Crippen LogP contribution in [-0.4, -0.2) is 15.0 Å². The summed E-state index contributed by atoms with van der Waals surface area (Å²) in [6, 6.07) is 19.9. The van der Waals surface area contributed by atoms with Gasteiger partial charge >= 0.3 is 0 Å². The molecule has 0 unspecified atom stereocenters. The van der Waals surface area contributed by atoms with Crippen LogP contribution in [0.3, 0.4) is 0 Å². The molecule has 0 spiro atoms. The van der Waals surface area contributed by atoms with Gasteiger partial charge in [-0.3, -0.25) is 0 Å². The minimum atomic E-state index is 0.662. The molecule has 1 aromatic heterocycles. The van der Waals surface area contributed by atoms with Gasteiger partial charge in [-0.25, -0.2) is 15.0 Å². The normalized spacial score (nSPS) is 10.4. The fraction of sp³-hybridized carbons (Fsp3) is 0.105. The van der Waals surface area contributed by atoms with Crippen molar-refractivity contribution in [3.63, 3.8) is 0 Å². The Balaban J connectivity index is 2.17. The van der Waals surface area contributed by atoms with E-state index in [0.717, 1.165) is 23.1 Å². The largest absolute Gasteiger partial charge is 0.209 e. The summed E-state index contributed by atoms with van der Waals surface area (Å²) in [5, 5.41) is 0. The lowest BCUT2D eigenvalue weighted by Crippen LogP contribution is -2.02. The van der Waals surface area contributed by atoms with E-state index < -0.39 is 0 Å². The summed E-state index contributed by atoms with van der Waals surface area (Å²) in [6.07, 6.45) is 0.812. The summed E-state index contributed by atoms with van der Waals surface area (Å²) >= 11 is 0. The summed E-state index contributed by atoms with van der Waals surface area (Å²) in [5.41, 5.74) is 2.87. The standard InChI is InChI=1S/C19H17N3/c1-3-14(2)17-20-18(15-10-6-4-7-11-15)22-19(21-17)16-12-8-5-9-13-16/h4-13H,2-3H2,1H3. The zero-order valence-corrected chi connectivity index (χ0v) is 12.5. The summed E-state index contributed by atoms with van der Waals surface area (Å²) in [4.78, 5) is 13.8. The lowest BCUT2D eigenvalue weighted by Gasteiger charge is -2.08. The highest BCUT2D eigenvalue weighted by Crippen LogP contribution is 2.22. The van der Waals surface area contributed by atoms with Crippen molar-refractivity contribution in [3.05, 3.63) is 73.1 Å². The molecule has 0 aliphatic heterocycles. The first kappa shape index (κ1) is 14.1. The molecule has 3 aromatic rings. The fourth-order valence-electron chi connectivity index (χ4n) is 2.12. The smallest absolute Gasteiger partial charge is 0.164 e. The van der Waals surface area contributed by atoms with Gasteiger partial charge in [0.15, 0.2) is 17.5 Å². The Hall–Kier alpha value is -2.81. The van der Waals surface area contributed by atoms with Gasteiger partial charge in [0, 0.05) is 11.1 Å². The van der Waals surface area contributed by atoms with Gasteiger partial charge in [-0.15, -0.1) is 0 Å². The molecule has 0 amide bonds. The molecule has 0 saturated heterocycles. The molecule has 22 heavy (non-hydrogen) atoms. The van der Waals surface area contributed by atoms with Gasteiger partial charge in [0.05, 0.1) is 0 Å². The van der Waals surface area contributed by atoms with E-state index in [-0.39, 0.29) is 0 Å². The second-order valence-electron chi connectivity index (χ2n) is 5.00. The maximum absolute atomic E-state index is 4.63. The van der Waals surface area contributed by atoms with Crippen molar-refractivity contribution in [2.24, 2.45) is 0 Å². The molecule has 0 atom stereocenters. The molecule has 0 aliphatic carbocycles. The Labute approximate surface area is 130 Å². The maximum atomic E-state index is 4.63. The van der Waals surface area contributed by atoms with E-state index in [0.29, 0.717) is 17.5 Å². The lowest BCUT2D eigenvalue weighted by molar-refractivity contribution is 1.02. The van der Waals surface area contributed by atoms with Gasteiger partial charge in [0.2, 0.25) is 0 Å². The van der Waals surface area contributed by atoms with Gasteiger partial charge in [0.1, 0.15) is 0 Å². The molecule has 0 bridgehead atoms. The van der Waals surface area contributed by atoms with Crippen molar-refractivity contribution in [1.29, 1.82) is 0 Å². The number of nitrogens with zero attached hydrogens (tertiary/aromatic N) is 3. The lowest BCUT2D eigenvalue weighted by atomic mass is 10.1. The van der Waals surface area contributed by atoms with Crippen LogP contribution in [0.1, 0.15) is 19.2 Å². The Morgan fingerprint density at radius 2 is 1.23 bits per heavy atom. The molecule has 1 heterocycles. The molecule has 2 aromatic carbocycles. The maximum Gasteiger partial charge on any atom is 0.164 e. The average molecular weight is 287 g/mol. The molecule has 0 radical (unpaired) electrons. The van der Waals surface area contributed by atoms with Crippen LogP contribution in [0.4, 0.5) is 0 Å². The molecule has 108 valence electrons. The van der Waals surface area contributed by atoms with Crippen molar-refractivity contribution in [3.8, 4) is 22.8 Å². The Bertz CT molecular complexity index is 723. The third-order valence-corrected chi connectivity index (χ3v) is 3.44. The first-order valence-electron chi connectivity index (χ1n) is 7.33. The van der Waals surface area contributed by atoms with Crippen LogP contribution < -0.4 is 0 Å². The van der Waals surface area contributed by atoms with Crippen LogP contribution in [0.25, 0.3) is 28.3 Å². The van der Waals surface area contributed by atoms with E-state index in [4.69, 9.17) is 0 Å². The predicted octanol–water partition coefficient (Wildman–Crippen LogP) is 4.63. The number of allylic oxidation sites excluding steroid dienone is 1. The van der Waals surface area contributed by atoms with Gasteiger partial charge in [0.25, 0.3) is 0 Å². The Morgan fingerprint density at radius 1 is 0.773 bits per heavy atom. The van der Waals surface area contributed by atoms with Gasteiger partial charge in [-0.1, -0.05) is 74.2 Å². The van der Waals surface area contributed by atoms with E-state index in [9.17, 15) is 0 Å². The Morgan fingerprint density at radius 3 is 1.64 bits per heavy atom. The SMILES string of the molecule is C=C(CC)c1nc(-c2ccccc2)nc(-c2ccccc2)n1. The molecule has 3 rings (SSSR count). The van der Waals surface area contributed by atoms with Crippen LogP contribution in [0.2, 0.25) is 0 Å². The van der Waals surface area contributed by atoms with Crippen molar-refractivity contribution in [1.82, 2.24) is 15.0 Å². The monoisotopic (exact) mass is 287 g/mol. The highest BCUT2D eigenvalue weighted by molar-refractivity contribution is 5.65. The Kier molecular flexibility index (Phi) is 4.05.